The van der Waals surface area contributed by atoms with Crippen LogP contribution < -0.4 is 10.5 Å². The first-order valence-electron chi connectivity index (χ1n) is 4.45. The third-order valence-corrected chi connectivity index (χ3v) is 2.23. The molecule has 0 aliphatic heterocycles. The van der Waals surface area contributed by atoms with E-state index in [9.17, 15) is 0 Å². The van der Waals surface area contributed by atoms with Gasteiger partial charge < -0.3 is 15.7 Å². The molecule has 15 heavy (non-hydrogen) atoms. The van der Waals surface area contributed by atoms with E-state index in [1.165, 1.54) is 0 Å². The van der Waals surface area contributed by atoms with Crippen LogP contribution in [0.1, 0.15) is 12.5 Å². The van der Waals surface area contributed by atoms with Crippen LogP contribution in [0.25, 0.3) is 0 Å². The summed E-state index contributed by atoms with van der Waals surface area (Å²) in [6.45, 7) is 3.60. The van der Waals surface area contributed by atoms with E-state index in [4.69, 9.17) is 27.3 Å². The van der Waals surface area contributed by atoms with E-state index in [0.717, 1.165) is 5.56 Å². The molecule has 1 aromatic rings. The first-order valence-corrected chi connectivity index (χ1v) is 4.82. The SMILES string of the molecule is Cc1ccc(Cl)c(OC(C)C(N)=NO)c1. The Morgan fingerprint density at radius 2 is 2.27 bits per heavy atom. The van der Waals surface area contributed by atoms with Gasteiger partial charge in [0.1, 0.15) is 5.75 Å². The molecule has 0 amide bonds. The van der Waals surface area contributed by atoms with E-state index in [1.807, 2.05) is 13.0 Å². The number of oxime groups is 1. The second-order valence-electron chi connectivity index (χ2n) is 3.22. The van der Waals surface area contributed by atoms with Gasteiger partial charge in [0.25, 0.3) is 0 Å². The van der Waals surface area contributed by atoms with Crippen LogP contribution in [0, 0.1) is 6.92 Å². The monoisotopic (exact) mass is 228 g/mol. The highest BCUT2D eigenvalue weighted by Gasteiger charge is 2.11. The summed E-state index contributed by atoms with van der Waals surface area (Å²) >= 11 is 5.92. The molecule has 0 aliphatic carbocycles. The molecule has 0 spiro atoms. The molecule has 0 aliphatic rings. The highest BCUT2D eigenvalue weighted by Crippen LogP contribution is 2.26. The molecule has 1 atom stereocenters. The molecule has 82 valence electrons. The van der Waals surface area contributed by atoms with Gasteiger partial charge in [0.15, 0.2) is 11.9 Å². The number of aryl methyl sites for hydroxylation is 1. The lowest BCUT2D eigenvalue weighted by atomic mass is 10.2. The molecule has 0 radical (unpaired) electrons. The number of nitrogens with zero attached hydrogens (tertiary/aromatic N) is 1. The summed E-state index contributed by atoms with van der Waals surface area (Å²) in [6.07, 6.45) is -0.519. The van der Waals surface area contributed by atoms with Gasteiger partial charge in [-0.05, 0) is 31.5 Å². The minimum Gasteiger partial charge on any atom is -0.481 e. The minimum absolute atomic E-state index is 0.00701. The van der Waals surface area contributed by atoms with Crippen LogP contribution in [0.4, 0.5) is 0 Å². The van der Waals surface area contributed by atoms with Crippen LogP contribution in [0.15, 0.2) is 23.4 Å². The molecule has 0 bridgehead atoms. The predicted octanol–water partition coefficient (Wildman–Crippen LogP) is 2.16. The predicted molar refractivity (Wildman–Crippen MR) is 59.7 cm³/mol. The molecule has 1 unspecified atom stereocenters. The standard InChI is InChI=1S/C10H13ClN2O2/c1-6-3-4-8(11)9(5-6)15-7(2)10(12)13-14/h3-5,7,14H,1-2H3,(H2,12,13). The third-order valence-electron chi connectivity index (χ3n) is 1.92. The van der Waals surface area contributed by atoms with E-state index in [1.54, 1.807) is 19.1 Å². The Balaban J connectivity index is 2.85. The van der Waals surface area contributed by atoms with Gasteiger partial charge in [-0.25, -0.2) is 0 Å². The van der Waals surface area contributed by atoms with E-state index in [0.29, 0.717) is 10.8 Å². The molecular formula is C10H13ClN2O2. The summed E-state index contributed by atoms with van der Waals surface area (Å²) < 4.78 is 5.43. The van der Waals surface area contributed by atoms with Crippen LogP contribution in [-0.2, 0) is 0 Å². The number of amidine groups is 1. The number of nitrogens with two attached hydrogens (primary N) is 1. The molecule has 5 heteroatoms. The molecular weight excluding hydrogens is 216 g/mol. The molecule has 4 nitrogen and oxygen atoms in total. The van der Waals surface area contributed by atoms with Crippen molar-refractivity contribution in [3.63, 3.8) is 0 Å². The van der Waals surface area contributed by atoms with Crippen molar-refractivity contribution < 1.29 is 9.94 Å². The first-order chi connectivity index (χ1) is 7.04. The van der Waals surface area contributed by atoms with Crippen molar-refractivity contribution in [2.75, 3.05) is 0 Å². The lowest BCUT2D eigenvalue weighted by molar-refractivity contribution is 0.265. The Kier molecular flexibility index (Phi) is 3.80. The van der Waals surface area contributed by atoms with Gasteiger partial charge in [-0.2, -0.15) is 0 Å². The highest BCUT2D eigenvalue weighted by atomic mass is 35.5. The Bertz CT molecular complexity index is 380. The lowest BCUT2D eigenvalue weighted by Crippen LogP contribution is -2.31. The third kappa shape index (κ3) is 3.02. The van der Waals surface area contributed by atoms with E-state index in [-0.39, 0.29) is 5.84 Å². The highest BCUT2D eigenvalue weighted by molar-refractivity contribution is 6.32. The summed E-state index contributed by atoms with van der Waals surface area (Å²) in [5.74, 6) is 0.531. The fourth-order valence-corrected chi connectivity index (χ4v) is 1.20. The number of hydrogen-bond acceptors (Lipinski definition) is 3. The zero-order valence-corrected chi connectivity index (χ0v) is 9.32. The maximum absolute atomic E-state index is 8.46. The van der Waals surface area contributed by atoms with Crippen LogP contribution in [-0.4, -0.2) is 17.1 Å². The molecule has 0 saturated heterocycles. The number of ether oxygens (including phenoxy) is 1. The van der Waals surface area contributed by atoms with E-state index < -0.39 is 6.10 Å². The zero-order chi connectivity index (χ0) is 11.4. The Morgan fingerprint density at radius 3 is 2.87 bits per heavy atom. The van der Waals surface area contributed by atoms with Crippen LogP contribution in [0.5, 0.6) is 5.75 Å². The smallest absolute Gasteiger partial charge is 0.180 e. The second kappa shape index (κ2) is 4.89. The summed E-state index contributed by atoms with van der Waals surface area (Å²) in [6, 6.07) is 5.41. The summed E-state index contributed by atoms with van der Waals surface area (Å²) in [4.78, 5) is 0. The number of hydrogen-bond donors (Lipinski definition) is 2. The minimum atomic E-state index is -0.519. The average Bonchev–Trinajstić information content (AvgIpc) is 2.22. The van der Waals surface area contributed by atoms with Gasteiger partial charge in [-0.1, -0.05) is 22.8 Å². The quantitative estimate of drug-likeness (QED) is 0.361. The summed E-state index contributed by atoms with van der Waals surface area (Å²) in [5, 5.41) is 11.8. The van der Waals surface area contributed by atoms with Crippen molar-refractivity contribution in [1.82, 2.24) is 0 Å². The molecule has 0 fully saturated rings. The average molecular weight is 229 g/mol. The van der Waals surface area contributed by atoms with Crippen molar-refractivity contribution in [2.45, 2.75) is 20.0 Å². The maximum Gasteiger partial charge on any atom is 0.180 e. The van der Waals surface area contributed by atoms with Crippen LogP contribution in [0.3, 0.4) is 0 Å². The van der Waals surface area contributed by atoms with Gasteiger partial charge in [0.05, 0.1) is 5.02 Å². The van der Waals surface area contributed by atoms with Gasteiger partial charge in [-0.3, -0.25) is 0 Å². The lowest BCUT2D eigenvalue weighted by Gasteiger charge is -2.14. The Hall–Kier alpha value is -1.42. The number of rotatable bonds is 3. The second-order valence-corrected chi connectivity index (χ2v) is 3.63. The van der Waals surface area contributed by atoms with Crippen molar-refractivity contribution in [2.24, 2.45) is 10.9 Å². The van der Waals surface area contributed by atoms with Crippen LogP contribution >= 0.6 is 11.6 Å². The van der Waals surface area contributed by atoms with Gasteiger partial charge in [0.2, 0.25) is 0 Å². The zero-order valence-electron chi connectivity index (χ0n) is 8.57. The van der Waals surface area contributed by atoms with Crippen molar-refractivity contribution in [3.05, 3.63) is 28.8 Å². The Labute approximate surface area is 93.3 Å². The topological polar surface area (TPSA) is 67.8 Å². The summed E-state index contributed by atoms with van der Waals surface area (Å²) in [5.41, 5.74) is 6.41. The van der Waals surface area contributed by atoms with Crippen molar-refractivity contribution in [3.8, 4) is 5.75 Å². The normalized spacial score (nSPS) is 13.7. The van der Waals surface area contributed by atoms with Gasteiger partial charge >= 0.3 is 0 Å². The fourth-order valence-electron chi connectivity index (χ4n) is 1.03. The summed E-state index contributed by atoms with van der Waals surface area (Å²) in [7, 11) is 0. The molecule has 0 saturated carbocycles. The molecule has 1 rings (SSSR count). The van der Waals surface area contributed by atoms with Crippen molar-refractivity contribution in [1.29, 1.82) is 0 Å². The largest absolute Gasteiger partial charge is 0.481 e. The number of halogens is 1. The van der Waals surface area contributed by atoms with Gasteiger partial charge in [-0.15, -0.1) is 0 Å². The molecule has 3 N–H and O–H groups in total. The molecule has 0 aromatic heterocycles. The first kappa shape index (κ1) is 11.7. The Morgan fingerprint density at radius 1 is 1.60 bits per heavy atom. The van der Waals surface area contributed by atoms with Crippen molar-refractivity contribution >= 4 is 17.4 Å². The molecule has 1 aromatic carbocycles. The van der Waals surface area contributed by atoms with Gasteiger partial charge in [0, 0.05) is 0 Å². The van der Waals surface area contributed by atoms with E-state index in [2.05, 4.69) is 5.16 Å². The maximum atomic E-state index is 8.46. The molecule has 0 heterocycles. The fraction of sp³-hybridized carbons (Fsp3) is 0.300. The number of benzene rings is 1. The van der Waals surface area contributed by atoms with E-state index >= 15 is 0 Å². The van der Waals surface area contributed by atoms with Crippen LogP contribution in [0.2, 0.25) is 5.02 Å².